The molecule has 5 heteroatoms. The molecule has 0 saturated carbocycles. The predicted molar refractivity (Wildman–Crippen MR) is 102 cm³/mol. The van der Waals surface area contributed by atoms with Crippen molar-refractivity contribution in [2.24, 2.45) is 0 Å². The Balaban J connectivity index is 1.84. The van der Waals surface area contributed by atoms with E-state index in [2.05, 4.69) is 36.4 Å². The zero-order valence-corrected chi connectivity index (χ0v) is 16.0. The fourth-order valence-corrected chi connectivity index (χ4v) is 8.64. The Labute approximate surface area is 152 Å². The molecule has 23 heavy (non-hydrogen) atoms. The quantitative estimate of drug-likeness (QED) is 0.471. The average molecular weight is 379 g/mol. The first-order valence-corrected chi connectivity index (χ1v) is 11.9. The van der Waals surface area contributed by atoms with E-state index in [0.29, 0.717) is 0 Å². The Hall–Kier alpha value is -0.360. The van der Waals surface area contributed by atoms with E-state index in [4.69, 9.17) is 0 Å². The summed E-state index contributed by atoms with van der Waals surface area (Å²) < 4.78 is 13.4. The van der Waals surface area contributed by atoms with Crippen LogP contribution in [-0.2, 0) is 10.8 Å². The minimum Gasteiger partial charge on any atom is -0.249 e. The van der Waals surface area contributed by atoms with E-state index in [9.17, 15) is 4.21 Å². The topological polar surface area (TPSA) is 17.1 Å². The second-order valence-corrected chi connectivity index (χ2v) is 10.4. The third-order valence-corrected chi connectivity index (χ3v) is 9.58. The molecule has 0 amide bonds. The van der Waals surface area contributed by atoms with Gasteiger partial charge in [-0.3, -0.25) is 0 Å². The van der Waals surface area contributed by atoms with E-state index < -0.39 is 10.8 Å². The number of hydrogen-bond acceptors (Lipinski definition) is 4. The molecule has 4 rings (SSSR count). The molecule has 2 heterocycles. The Morgan fingerprint density at radius 3 is 1.70 bits per heavy atom. The fourth-order valence-electron chi connectivity index (χ4n) is 2.89. The molecule has 2 aliphatic rings. The molecule has 0 fully saturated rings. The predicted octanol–water partition coefficient (Wildman–Crippen LogP) is 6.08. The molecular weight excluding hydrogens is 360 g/mol. The lowest BCUT2D eigenvalue weighted by Crippen LogP contribution is -2.06. The first-order valence-electron chi connectivity index (χ1n) is 7.96. The van der Waals surface area contributed by atoms with Crippen LogP contribution in [0.2, 0.25) is 0 Å². The van der Waals surface area contributed by atoms with Gasteiger partial charge in [0.15, 0.2) is 0 Å². The summed E-state index contributed by atoms with van der Waals surface area (Å²) >= 11 is 5.53. The highest BCUT2D eigenvalue weighted by Gasteiger charge is 2.28. The Kier molecular flexibility index (Phi) is 5.09. The van der Waals surface area contributed by atoms with E-state index in [1.807, 2.05) is 23.5 Å². The fraction of sp³-hybridized carbons (Fsp3) is 0.333. The molecule has 0 atom stereocenters. The normalized spacial score (nSPS) is 18.6. The Morgan fingerprint density at radius 2 is 1.17 bits per heavy atom. The van der Waals surface area contributed by atoms with Crippen molar-refractivity contribution in [3.05, 3.63) is 36.4 Å². The maximum atomic E-state index is 13.4. The molecule has 1 nitrogen and oxygen atoms in total. The van der Waals surface area contributed by atoms with Crippen LogP contribution in [0.5, 0.6) is 0 Å². The van der Waals surface area contributed by atoms with E-state index >= 15 is 0 Å². The summed E-state index contributed by atoms with van der Waals surface area (Å²) in [6.07, 6.45) is 5.09. The number of hydrogen-bond donors (Lipinski definition) is 0. The van der Waals surface area contributed by atoms with Gasteiger partial charge >= 0.3 is 0 Å². The second-order valence-electron chi connectivity index (χ2n) is 5.65. The lowest BCUT2D eigenvalue weighted by atomic mass is 10.2. The summed E-state index contributed by atoms with van der Waals surface area (Å²) in [5.74, 6) is 2.25. The van der Waals surface area contributed by atoms with Gasteiger partial charge in [0, 0.05) is 19.6 Å². The SMILES string of the molecule is O=S1c2c3cccc2Sc2cccc(c21)SCCCCCCS3. The largest absolute Gasteiger partial charge is 0.249 e. The first-order chi connectivity index (χ1) is 11.3. The van der Waals surface area contributed by atoms with Crippen LogP contribution in [0.3, 0.4) is 0 Å². The molecule has 0 unspecified atom stereocenters. The summed E-state index contributed by atoms with van der Waals surface area (Å²) in [5, 5.41) is 0. The Bertz CT molecular complexity index is 695. The van der Waals surface area contributed by atoms with Gasteiger partial charge in [-0.15, -0.1) is 23.5 Å². The van der Waals surface area contributed by atoms with E-state index in [1.165, 1.54) is 35.5 Å². The minimum absolute atomic E-state index is 1.04. The van der Waals surface area contributed by atoms with Crippen LogP contribution in [-0.4, -0.2) is 15.7 Å². The standard InChI is InChI=1S/C18H18OS4/c19-23-17-13-7-5-9-15(17)22-16-10-6-8-14(18(16)23)21-12-4-2-1-3-11-20-13/h5-10H,1-4,11-12H2. The summed E-state index contributed by atoms with van der Waals surface area (Å²) in [6, 6.07) is 12.7. The molecule has 0 saturated heterocycles. The number of benzene rings is 2. The minimum atomic E-state index is -1.06. The van der Waals surface area contributed by atoms with Crippen molar-refractivity contribution in [3.8, 4) is 0 Å². The highest BCUT2D eigenvalue weighted by molar-refractivity contribution is 8.03. The van der Waals surface area contributed by atoms with Gasteiger partial charge in [-0.25, -0.2) is 4.21 Å². The molecule has 0 spiro atoms. The van der Waals surface area contributed by atoms with Crippen molar-refractivity contribution >= 4 is 46.1 Å². The van der Waals surface area contributed by atoms with Crippen LogP contribution < -0.4 is 0 Å². The molecule has 2 aromatic carbocycles. The third kappa shape index (κ3) is 3.26. The zero-order chi connectivity index (χ0) is 15.6. The first kappa shape index (κ1) is 16.1. The third-order valence-electron chi connectivity index (χ3n) is 4.03. The summed E-state index contributed by atoms with van der Waals surface area (Å²) in [5.41, 5.74) is 0. The lowest BCUT2D eigenvalue weighted by Gasteiger charge is -2.22. The second kappa shape index (κ2) is 7.26. The highest BCUT2D eigenvalue weighted by Crippen LogP contribution is 2.48. The molecule has 0 aromatic heterocycles. The lowest BCUT2D eigenvalue weighted by molar-refractivity contribution is 0.675. The van der Waals surface area contributed by atoms with Gasteiger partial charge in [-0.2, -0.15) is 0 Å². The zero-order valence-electron chi connectivity index (χ0n) is 12.7. The van der Waals surface area contributed by atoms with Crippen LogP contribution in [0.15, 0.2) is 65.8 Å². The van der Waals surface area contributed by atoms with Gasteiger partial charge in [0.25, 0.3) is 0 Å². The van der Waals surface area contributed by atoms with Gasteiger partial charge in [-0.1, -0.05) is 36.7 Å². The van der Waals surface area contributed by atoms with Crippen molar-refractivity contribution < 1.29 is 4.21 Å². The van der Waals surface area contributed by atoms with Crippen LogP contribution in [0.1, 0.15) is 25.7 Å². The van der Waals surface area contributed by atoms with Crippen molar-refractivity contribution in [1.82, 2.24) is 0 Å². The van der Waals surface area contributed by atoms with E-state index in [1.54, 1.807) is 11.8 Å². The van der Waals surface area contributed by atoms with E-state index in [-0.39, 0.29) is 0 Å². The molecule has 120 valence electrons. The molecule has 2 aliphatic heterocycles. The monoisotopic (exact) mass is 378 g/mol. The molecule has 2 aromatic rings. The maximum Gasteiger partial charge on any atom is 0.0895 e. The molecular formula is C18H18OS4. The van der Waals surface area contributed by atoms with Crippen LogP contribution in [0.4, 0.5) is 0 Å². The van der Waals surface area contributed by atoms with Crippen LogP contribution in [0, 0.1) is 0 Å². The van der Waals surface area contributed by atoms with Crippen molar-refractivity contribution in [2.75, 3.05) is 11.5 Å². The van der Waals surface area contributed by atoms with Crippen molar-refractivity contribution in [1.29, 1.82) is 0 Å². The van der Waals surface area contributed by atoms with Crippen LogP contribution >= 0.6 is 35.3 Å². The summed E-state index contributed by atoms with van der Waals surface area (Å²) in [7, 11) is -1.06. The van der Waals surface area contributed by atoms with Crippen molar-refractivity contribution in [2.45, 2.75) is 55.1 Å². The molecule has 0 aliphatic carbocycles. The van der Waals surface area contributed by atoms with Gasteiger partial charge in [0.05, 0.1) is 20.6 Å². The van der Waals surface area contributed by atoms with Gasteiger partial charge in [-0.05, 0) is 48.6 Å². The molecule has 0 N–H and O–H groups in total. The van der Waals surface area contributed by atoms with Gasteiger partial charge in [0.2, 0.25) is 0 Å². The Morgan fingerprint density at radius 1 is 0.696 bits per heavy atom. The van der Waals surface area contributed by atoms with E-state index in [0.717, 1.165) is 31.1 Å². The number of rotatable bonds is 0. The van der Waals surface area contributed by atoms with Crippen molar-refractivity contribution in [3.63, 3.8) is 0 Å². The number of thioether (sulfide) groups is 2. The molecule has 2 bridgehead atoms. The highest BCUT2D eigenvalue weighted by atomic mass is 32.2. The molecule has 0 radical (unpaired) electrons. The van der Waals surface area contributed by atoms with Gasteiger partial charge in [0.1, 0.15) is 0 Å². The summed E-state index contributed by atoms with van der Waals surface area (Å²) in [6.45, 7) is 0. The summed E-state index contributed by atoms with van der Waals surface area (Å²) in [4.78, 5) is 6.83. The van der Waals surface area contributed by atoms with Gasteiger partial charge < -0.3 is 0 Å². The average Bonchev–Trinajstić information content (AvgIpc) is 2.57. The van der Waals surface area contributed by atoms with Crippen LogP contribution in [0.25, 0.3) is 0 Å². The smallest absolute Gasteiger partial charge is 0.0895 e. The maximum absolute atomic E-state index is 13.4.